The predicted octanol–water partition coefficient (Wildman–Crippen LogP) is 15.7. The molecule has 0 amide bonds. The van der Waals surface area contributed by atoms with Gasteiger partial charge in [-0.1, -0.05) is 185 Å². The van der Waals surface area contributed by atoms with Gasteiger partial charge in [-0.25, -0.2) is 0 Å². The number of halogens is 1. The number of aromatic nitrogens is 3. The molecule has 8 aromatic carbocycles. The Labute approximate surface area is 409 Å². The van der Waals surface area contributed by atoms with E-state index < -0.39 is 19.9 Å². The number of fused-ring (bicyclic) bond motifs is 6. The van der Waals surface area contributed by atoms with Crippen LogP contribution in [0.1, 0.15) is 29.1 Å². The molecule has 3 aromatic heterocycles. The summed E-state index contributed by atoms with van der Waals surface area (Å²) in [5.41, 5.74) is 11.7. The number of rotatable bonds is 7. The summed E-state index contributed by atoms with van der Waals surface area (Å²) in [6, 6.07) is 65.5. The molecule has 0 aliphatic heterocycles. The van der Waals surface area contributed by atoms with E-state index >= 15 is 0 Å². The third-order valence-corrected chi connectivity index (χ3v) is 13.8. The van der Waals surface area contributed by atoms with Crippen LogP contribution in [0.3, 0.4) is 0 Å². The number of benzene rings is 8. The first-order chi connectivity index (χ1) is 32.7. The summed E-state index contributed by atoms with van der Waals surface area (Å²) < 4.78 is 39.1. The molecule has 0 atom stereocenters. The molecule has 11 rings (SSSR count). The molecule has 0 aliphatic carbocycles. The molecule has 4 nitrogen and oxygen atoms in total. The largest absolute Gasteiger partial charge is 0.500 e. The van der Waals surface area contributed by atoms with E-state index in [1.54, 1.807) is 12.3 Å². The fourth-order valence-corrected chi connectivity index (χ4v) is 10.2. The Bertz CT molecular complexity index is 3580. The Morgan fingerprint density at radius 3 is 1.96 bits per heavy atom. The van der Waals surface area contributed by atoms with Gasteiger partial charge in [0.1, 0.15) is 5.58 Å². The van der Waals surface area contributed by atoms with Crippen molar-refractivity contribution in [3.05, 3.63) is 206 Å². The Morgan fingerprint density at radius 1 is 0.657 bits per heavy atom. The summed E-state index contributed by atoms with van der Waals surface area (Å²) in [5, 5.41) is 5.48. The van der Waals surface area contributed by atoms with E-state index in [1.807, 2.05) is 45.0 Å². The third-order valence-electron chi connectivity index (χ3n) is 11.8. The molecule has 0 N–H and O–H groups in total. The smallest absolute Gasteiger partial charge is 0.120 e. The number of hydrogen-bond acceptors (Lipinski definition) is 3. The van der Waals surface area contributed by atoms with E-state index in [0.29, 0.717) is 16.8 Å². The summed E-state index contributed by atoms with van der Waals surface area (Å²) in [6.45, 7) is 12.3. The Morgan fingerprint density at radius 2 is 1.30 bits per heavy atom. The van der Waals surface area contributed by atoms with Gasteiger partial charge in [0, 0.05) is 56.8 Å². The fraction of sp³-hybridized carbons (Fsp3) is 0.133. The Hall–Kier alpha value is -6.76. The zero-order chi connectivity index (χ0) is 47.4. The van der Waals surface area contributed by atoms with Crippen LogP contribution in [0.25, 0.3) is 94.3 Å². The van der Waals surface area contributed by atoms with Crippen molar-refractivity contribution in [1.29, 1.82) is 0 Å². The SMILES string of the molecule is [2H]C([2H])(c1cc(-c2[c-]cc(F)cc2)ncc1[Si](C)(C)C)C(C)(C)C.[Ir].[c-]1cc2oc3ccccc3c2cc1-c1nc2ccc3ccccc3c2n1-c1c(-c2ccccc2)cccc1-c1ccccc1. The first kappa shape index (κ1) is 42.8. The van der Waals surface area contributed by atoms with E-state index in [-0.39, 0.29) is 25.9 Å². The molecule has 0 spiro atoms. The maximum Gasteiger partial charge on any atom is 0.120 e. The number of hydrogen-bond donors (Lipinski definition) is 0. The summed E-state index contributed by atoms with van der Waals surface area (Å²) in [7, 11) is -1.77. The van der Waals surface area contributed by atoms with Crippen LogP contribution >= 0.6 is 0 Å². The van der Waals surface area contributed by atoms with Crippen molar-refractivity contribution < 1.29 is 31.7 Å². The average Bonchev–Trinajstić information content (AvgIpc) is 3.93. The fourth-order valence-electron chi connectivity index (χ4n) is 8.79. The maximum atomic E-state index is 13.1. The number of furan rings is 1. The molecular weight excluding hydrogens is 1020 g/mol. The van der Waals surface area contributed by atoms with Gasteiger partial charge in [0.05, 0.1) is 36.2 Å². The standard InChI is InChI=1S/C41H25N2O.C19H25FNSi.Ir/c1-3-12-27(13-4-1)31-19-11-20-32(28-14-5-2-6-15-28)39(31)43-40-33-17-8-7-16-29(33)22-24-36(40)42-41(43)30-23-25-38-35(26-30)34-18-9-10-21-37(34)44-38;1-19(2,3)12-15-11-17(14-7-9-16(20)10-8-14)21-13-18(15)22(4,5)6;/h1-22,24-26H;7,9-11,13H,12H2,1-6H3;/q2*-1;/i;12D2;. The summed E-state index contributed by atoms with van der Waals surface area (Å²) >= 11 is 0. The van der Waals surface area contributed by atoms with E-state index in [2.05, 4.69) is 175 Å². The predicted molar refractivity (Wildman–Crippen MR) is 276 cm³/mol. The molecule has 333 valence electrons. The van der Waals surface area contributed by atoms with Gasteiger partial charge in [-0.2, -0.15) is 0 Å². The summed E-state index contributed by atoms with van der Waals surface area (Å²) in [5.74, 6) is 0.492. The van der Waals surface area contributed by atoms with Crippen LogP contribution in [-0.4, -0.2) is 22.6 Å². The van der Waals surface area contributed by atoms with Gasteiger partial charge >= 0.3 is 0 Å². The number of para-hydroxylation sites is 2. The van der Waals surface area contributed by atoms with Crippen LogP contribution in [0.5, 0.6) is 0 Å². The minimum Gasteiger partial charge on any atom is -0.500 e. The Balaban J connectivity index is 0.000000203. The topological polar surface area (TPSA) is 43.9 Å². The van der Waals surface area contributed by atoms with Crippen molar-refractivity contribution >= 4 is 57.0 Å². The second-order valence-corrected chi connectivity index (χ2v) is 23.8. The molecule has 0 aliphatic rings. The maximum absolute atomic E-state index is 13.1. The van der Waals surface area contributed by atoms with Gasteiger partial charge in [-0.05, 0) is 51.3 Å². The molecule has 0 saturated heterocycles. The van der Waals surface area contributed by atoms with Crippen LogP contribution in [-0.2, 0) is 26.5 Å². The zero-order valence-corrected chi connectivity index (χ0v) is 41.7. The molecule has 7 heteroatoms. The van der Waals surface area contributed by atoms with Gasteiger partial charge in [-0.15, -0.1) is 53.6 Å². The molecule has 11 aromatic rings. The summed E-state index contributed by atoms with van der Waals surface area (Å²) in [6.07, 6.45) is 0.304. The van der Waals surface area contributed by atoms with Crippen LogP contribution in [0, 0.1) is 23.4 Å². The van der Waals surface area contributed by atoms with Crippen LogP contribution in [0.4, 0.5) is 4.39 Å². The zero-order valence-electron chi connectivity index (χ0n) is 40.3. The quantitative estimate of drug-likeness (QED) is 0.118. The minimum atomic E-state index is -1.77. The molecule has 0 saturated carbocycles. The van der Waals surface area contributed by atoms with Crippen molar-refractivity contribution in [2.45, 2.75) is 46.8 Å². The first-order valence-corrected chi connectivity index (χ1v) is 25.8. The molecule has 3 heterocycles. The van der Waals surface area contributed by atoms with Gasteiger partial charge in [-0.3, -0.25) is 9.37 Å². The molecular formula is C60H50FIrN3OSi-2. The number of pyridine rings is 1. The number of imidazole rings is 1. The van der Waals surface area contributed by atoms with Crippen LogP contribution in [0.2, 0.25) is 19.6 Å². The second kappa shape index (κ2) is 18.5. The minimum absolute atomic E-state index is 0. The first-order valence-electron chi connectivity index (χ1n) is 23.3. The molecule has 0 bridgehead atoms. The number of nitrogens with zero attached hydrogens (tertiary/aromatic N) is 3. The average molecular weight is 1070 g/mol. The van der Waals surface area contributed by atoms with E-state index in [0.717, 1.165) is 82.9 Å². The second-order valence-electron chi connectivity index (χ2n) is 18.7. The van der Waals surface area contributed by atoms with E-state index in [9.17, 15) is 4.39 Å². The molecule has 0 unspecified atom stereocenters. The van der Waals surface area contributed by atoms with Crippen molar-refractivity contribution in [1.82, 2.24) is 14.5 Å². The Kier molecular flexibility index (Phi) is 11.8. The van der Waals surface area contributed by atoms with Gasteiger partial charge in [0.25, 0.3) is 0 Å². The summed E-state index contributed by atoms with van der Waals surface area (Å²) in [4.78, 5) is 9.87. The van der Waals surface area contributed by atoms with Gasteiger partial charge in [0.2, 0.25) is 0 Å². The van der Waals surface area contributed by atoms with Gasteiger partial charge in [0.15, 0.2) is 0 Å². The van der Waals surface area contributed by atoms with E-state index in [4.69, 9.17) is 12.1 Å². The molecule has 1 radical (unpaired) electrons. The molecule has 67 heavy (non-hydrogen) atoms. The van der Waals surface area contributed by atoms with Crippen LogP contribution in [0.15, 0.2) is 187 Å². The van der Waals surface area contributed by atoms with E-state index in [1.165, 1.54) is 17.5 Å². The van der Waals surface area contributed by atoms with Gasteiger partial charge < -0.3 is 14.0 Å². The third kappa shape index (κ3) is 9.20. The van der Waals surface area contributed by atoms with Crippen molar-refractivity contribution in [3.8, 4) is 50.6 Å². The van der Waals surface area contributed by atoms with Crippen molar-refractivity contribution in [2.75, 3.05) is 0 Å². The molecule has 0 fully saturated rings. The van der Waals surface area contributed by atoms with Crippen LogP contribution < -0.4 is 5.19 Å². The van der Waals surface area contributed by atoms with Crippen molar-refractivity contribution in [3.63, 3.8) is 0 Å². The monoisotopic (exact) mass is 1070 g/mol. The normalized spacial score (nSPS) is 12.4. The van der Waals surface area contributed by atoms with Crippen molar-refractivity contribution in [2.24, 2.45) is 5.41 Å².